The van der Waals surface area contributed by atoms with Gasteiger partial charge in [-0.15, -0.1) is 16.8 Å². The number of rotatable bonds is 11. The Morgan fingerprint density at radius 2 is 1.84 bits per heavy atom. The molecule has 0 spiro atoms. The van der Waals surface area contributed by atoms with Gasteiger partial charge in [0, 0.05) is 24.9 Å². The van der Waals surface area contributed by atoms with Crippen molar-refractivity contribution in [1.82, 2.24) is 20.5 Å². The average Bonchev–Trinajstić information content (AvgIpc) is 2.79. The molecule has 0 saturated heterocycles. The molecular weight excluding hydrogens is 392 g/mol. The zero-order chi connectivity index (χ0) is 21.9. The number of hydrogen-bond acceptors (Lipinski definition) is 5. The highest BCUT2D eigenvalue weighted by Crippen LogP contribution is 2.18. The van der Waals surface area contributed by atoms with Crippen molar-refractivity contribution in [3.63, 3.8) is 0 Å². The molecule has 0 aliphatic rings. The third kappa shape index (κ3) is 6.92. The Hall–Kier alpha value is -3.74. The molecule has 160 valence electrons. The summed E-state index contributed by atoms with van der Waals surface area (Å²) >= 11 is 0. The molecule has 3 rings (SSSR count). The second-order valence-electron chi connectivity index (χ2n) is 6.99. The van der Waals surface area contributed by atoms with Crippen molar-refractivity contribution < 1.29 is 9.53 Å². The number of amides is 1. The predicted molar refractivity (Wildman–Crippen MR) is 120 cm³/mol. The van der Waals surface area contributed by atoms with Gasteiger partial charge < -0.3 is 15.0 Å². The summed E-state index contributed by atoms with van der Waals surface area (Å²) in [6.07, 6.45) is 3.75. The molecular formula is C24H26N4O3. The summed E-state index contributed by atoms with van der Waals surface area (Å²) in [5.74, 6) is 0.989. The van der Waals surface area contributed by atoms with Crippen LogP contribution < -0.4 is 15.6 Å². The van der Waals surface area contributed by atoms with E-state index >= 15 is 0 Å². The number of H-pyrrole nitrogens is 1. The summed E-state index contributed by atoms with van der Waals surface area (Å²) in [6, 6.07) is 17.2. The van der Waals surface area contributed by atoms with Crippen LogP contribution in [0.2, 0.25) is 0 Å². The van der Waals surface area contributed by atoms with Gasteiger partial charge in [-0.3, -0.25) is 9.59 Å². The Balaban J connectivity index is 1.49. The van der Waals surface area contributed by atoms with Crippen molar-refractivity contribution in [1.29, 1.82) is 0 Å². The van der Waals surface area contributed by atoms with Crippen molar-refractivity contribution >= 4 is 5.91 Å². The van der Waals surface area contributed by atoms with Crippen LogP contribution in [0.5, 0.6) is 5.75 Å². The van der Waals surface area contributed by atoms with E-state index in [1.807, 2.05) is 54.6 Å². The number of benzene rings is 2. The molecule has 0 unspecified atom stereocenters. The molecule has 0 bridgehead atoms. The van der Waals surface area contributed by atoms with Crippen LogP contribution in [-0.4, -0.2) is 34.2 Å². The molecule has 0 fully saturated rings. The molecule has 7 heteroatoms. The largest absolute Gasteiger partial charge is 0.493 e. The highest BCUT2D eigenvalue weighted by molar-refractivity contribution is 5.76. The van der Waals surface area contributed by atoms with Crippen molar-refractivity contribution in [2.75, 3.05) is 13.2 Å². The van der Waals surface area contributed by atoms with E-state index < -0.39 is 0 Å². The Morgan fingerprint density at radius 3 is 2.55 bits per heavy atom. The van der Waals surface area contributed by atoms with Crippen LogP contribution in [0, 0.1) is 0 Å². The van der Waals surface area contributed by atoms with Crippen LogP contribution in [0.15, 0.2) is 72.0 Å². The Bertz CT molecular complexity index is 1050. The smallest absolute Gasteiger partial charge is 0.273 e. The lowest BCUT2D eigenvalue weighted by molar-refractivity contribution is -0.121. The van der Waals surface area contributed by atoms with Crippen molar-refractivity contribution in [2.24, 2.45) is 0 Å². The van der Waals surface area contributed by atoms with Gasteiger partial charge in [-0.25, -0.2) is 0 Å². The van der Waals surface area contributed by atoms with Crippen molar-refractivity contribution in [3.8, 4) is 17.1 Å². The van der Waals surface area contributed by atoms with Gasteiger partial charge >= 0.3 is 0 Å². The average molecular weight is 418 g/mol. The summed E-state index contributed by atoms with van der Waals surface area (Å²) in [4.78, 5) is 27.1. The highest BCUT2D eigenvalue weighted by Gasteiger charge is 2.10. The molecule has 3 aromatic rings. The van der Waals surface area contributed by atoms with Gasteiger partial charge in [-0.05, 0) is 42.7 Å². The van der Waals surface area contributed by atoms with Crippen LogP contribution in [-0.2, 0) is 17.6 Å². The minimum atomic E-state index is -0.339. The van der Waals surface area contributed by atoms with Crippen molar-refractivity contribution in [2.45, 2.75) is 25.7 Å². The SMILES string of the molecule is C=CCCOc1ccc(-c2nnc(CCC(=O)NCCc3ccccc3)c(=O)[nH]2)cc1. The number of ether oxygens (including phenoxy) is 1. The van der Waals surface area contributed by atoms with Crippen LogP contribution in [0.3, 0.4) is 0 Å². The molecule has 0 aliphatic carbocycles. The van der Waals surface area contributed by atoms with Gasteiger partial charge in [0.25, 0.3) is 5.56 Å². The second kappa shape index (κ2) is 11.4. The zero-order valence-corrected chi connectivity index (χ0v) is 17.3. The maximum Gasteiger partial charge on any atom is 0.273 e. The minimum Gasteiger partial charge on any atom is -0.493 e. The summed E-state index contributed by atoms with van der Waals surface area (Å²) in [5, 5.41) is 11.0. The topological polar surface area (TPSA) is 97.0 Å². The van der Waals surface area contributed by atoms with Gasteiger partial charge in [0.05, 0.1) is 6.61 Å². The van der Waals surface area contributed by atoms with Gasteiger partial charge in [-0.2, -0.15) is 0 Å². The fraction of sp³-hybridized carbons (Fsp3) is 0.250. The third-order valence-electron chi connectivity index (χ3n) is 4.65. The second-order valence-corrected chi connectivity index (χ2v) is 6.99. The number of aryl methyl sites for hydroxylation is 1. The summed E-state index contributed by atoms with van der Waals surface area (Å²) in [7, 11) is 0. The Labute approximate surface area is 181 Å². The van der Waals surface area contributed by atoms with Gasteiger partial charge in [-0.1, -0.05) is 36.4 Å². The van der Waals surface area contributed by atoms with Gasteiger partial charge in [0.1, 0.15) is 11.4 Å². The number of nitrogens with zero attached hydrogens (tertiary/aromatic N) is 2. The lowest BCUT2D eigenvalue weighted by Crippen LogP contribution is -2.27. The Morgan fingerprint density at radius 1 is 1.06 bits per heavy atom. The molecule has 2 N–H and O–H groups in total. The molecule has 2 aromatic carbocycles. The molecule has 1 aromatic heterocycles. The maximum absolute atomic E-state index is 12.3. The molecule has 0 aliphatic heterocycles. The molecule has 0 radical (unpaired) electrons. The van der Waals surface area contributed by atoms with Crippen LogP contribution in [0.25, 0.3) is 11.4 Å². The fourth-order valence-electron chi connectivity index (χ4n) is 2.93. The van der Waals surface area contributed by atoms with E-state index in [4.69, 9.17) is 4.74 Å². The van der Waals surface area contributed by atoms with E-state index in [1.54, 1.807) is 6.08 Å². The van der Waals surface area contributed by atoms with E-state index in [1.165, 1.54) is 0 Å². The van der Waals surface area contributed by atoms with E-state index in [0.29, 0.717) is 19.0 Å². The normalized spacial score (nSPS) is 10.5. The number of carbonyl (C=O) groups excluding carboxylic acids is 1. The molecule has 0 saturated carbocycles. The monoisotopic (exact) mass is 418 g/mol. The van der Waals surface area contributed by atoms with E-state index in [9.17, 15) is 9.59 Å². The first-order valence-corrected chi connectivity index (χ1v) is 10.3. The zero-order valence-electron chi connectivity index (χ0n) is 17.3. The minimum absolute atomic E-state index is 0.117. The summed E-state index contributed by atoms with van der Waals surface area (Å²) in [5.41, 5.74) is 1.79. The lowest BCUT2D eigenvalue weighted by atomic mass is 10.1. The first-order chi connectivity index (χ1) is 15.2. The molecule has 7 nitrogen and oxygen atoms in total. The summed E-state index contributed by atoms with van der Waals surface area (Å²) in [6.45, 7) is 4.77. The highest BCUT2D eigenvalue weighted by atomic mass is 16.5. The Kier molecular flexibility index (Phi) is 8.11. The fourth-order valence-corrected chi connectivity index (χ4v) is 2.93. The number of aromatic amines is 1. The van der Waals surface area contributed by atoms with Gasteiger partial charge in [0.2, 0.25) is 5.91 Å². The molecule has 1 amide bonds. The third-order valence-corrected chi connectivity index (χ3v) is 4.65. The lowest BCUT2D eigenvalue weighted by Gasteiger charge is -2.06. The predicted octanol–water partition coefficient (Wildman–Crippen LogP) is 3.08. The standard InChI is InChI=1S/C24H26N4O3/c1-2-3-17-31-20-11-9-19(10-12-20)23-26-24(30)21(27-28-23)13-14-22(29)25-16-15-18-7-5-4-6-8-18/h2,4-12H,1,3,13-17H2,(H,25,29)(H,26,28,30). The van der Waals surface area contributed by atoms with E-state index in [0.717, 1.165) is 29.7 Å². The quantitative estimate of drug-likeness (QED) is 0.368. The van der Waals surface area contributed by atoms with Crippen molar-refractivity contribution in [3.05, 3.63) is 88.9 Å². The number of hydrogen-bond donors (Lipinski definition) is 2. The van der Waals surface area contributed by atoms with E-state index in [-0.39, 0.29) is 30.0 Å². The number of nitrogens with one attached hydrogen (secondary N) is 2. The van der Waals surface area contributed by atoms with Crippen LogP contribution >= 0.6 is 0 Å². The summed E-state index contributed by atoms with van der Waals surface area (Å²) < 4.78 is 5.57. The van der Waals surface area contributed by atoms with Crippen LogP contribution in [0.1, 0.15) is 24.1 Å². The molecule has 0 atom stereocenters. The molecule has 31 heavy (non-hydrogen) atoms. The van der Waals surface area contributed by atoms with Crippen LogP contribution in [0.4, 0.5) is 0 Å². The first kappa shape index (κ1) is 22.0. The van der Waals surface area contributed by atoms with Gasteiger partial charge in [0.15, 0.2) is 5.82 Å². The maximum atomic E-state index is 12.3. The first-order valence-electron chi connectivity index (χ1n) is 10.3. The number of aromatic nitrogens is 3. The van der Waals surface area contributed by atoms with E-state index in [2.05, 4.69) is 27.1 Å². The number of carbonyl (C=O) groups is 1. The molecule has 1 heterocycles.